The van der Waals surface area contributed by atoms with Gasteiger partial charge in [0, 0.05) is 22.8 Å². The molecule has 3 aromatic rings. The van der Waals surface area contributed by atoms with Crippen molar-refractivity contribution in [3.63, 3.8) is 0 Å². The van der Waals surface area contributed by atoms with Gasteiger partial charge in [-0.2, -0.15) is 5.10 Å². The monoisotopic (exact) mass is 240 g/mol. The molecule has 0 spiro atoms. The first-order valence-corrected chi connectivity index (χ1v) is 5.63. The predicted molar refractivity (Wildman–Crippen MR) is 69.6 cm³/mol. The normalized spacial score (nSPS) is 10.7. The third-order valence-corrected chi connectivity index (χ3v) is 2.78. The minimum Gasteiger partial charge on any atom is -0.359 e. The molecular weight excluding hydrogens is 228 g/mol. The maximum absolute atomic E-state index is 12.0. The molecule has 1 aromatic carbocycles. The van der Waals surface area contributed by atoms with Crippen LogP contribution in [0.5, 0.6) is 0 Å². The number of fused-ring (bicyclic) bond motifs is 1. The number of nitrogens with one attached hydrogen (secondary N) is 3. The highest BCUT2D eigenvalue weighted by Gasteiger charge is 2.11. The van der Waals surface area contributed by atoms with E-state index in [1.165, 1.54) is 0 Å². The Hall–Kier alpha value is -2.56. The van der Waals surface area contributed by atoms with Crippen LogP contribution in [-0.4, -0.2) is 21.1 Å². The fraction of sp³-hybridized carbons (Fsp3) is 0.0769. The number of nitrogens with zero attached hydrogens (tertiary/aromatic N) is 1. The smallest absolute Gasteiger partial charge is 0.276 e. The van der Waals surface area contributed by atoms with Crippen LogP contribution in [0.2, 0.25) is 0 Å². The summed E-state index contributed by atoms with van der Waals surface area (Å²) in [6, 6.07) is 9.51. The van der Waals surface area contributed by atoms with Gasteiger partial charge in [0.1, 0.15) is 0 Å². The van der Waals surface area contributed by atoms with E-state index in [0.717, 1.165) is 22.3 Å². The average molecular weight is 240 g/mol. The van der Waals surface area contributed by atoms with Gasteiger partial charge in [0.05, 0.1) is 5.69 Å². The Morgan fingerprint density at radius 2 is 2.17 bits per heavy atom. The van der Waals surface area contributed by atoms with E-state index in [2.05, 4.69) is 20.5 Å². The van der Waals surface area contributed by atoms with Crippen molar-refractivity contribution in [1.82, 2.24) is 15.2 Å². The second-order valence-electron chi connectivity index (χ2n) is 4.14. The Kier molecular flexibility index (Phi) is 2.37. The molecule has 3 rings (SSSR count). The Labute approximate surface area is 103 Å². The van der Waals surface area contributed by atoms with Crippen LogP contribution in [0.15, 0.2) is 36.5 Å². The lowest BCUT2D eigenvalue weighted by Gasteiger charge is -2.00. The number of carbonyl (C=O) groups is 1. The quantitative estimate of drug-likeness (QED) is 0.643. The van der Waals surface area contributed by atoms with Crippen molar-refractivity contribution in [1.29, 1.82) is 0 Å². The highest BCUT2D eigenvalue weighted by Crippen LogP contribution is 2.22. The first-order chi connectivity index (χ1) is 8.74. The zero-order valence-electron chi connectivity index (χ0n) is 9.82. The molecule has 90 valence electrons. The number of H-pyrrole nitrogens is 2. The number of carbonyl (C=O) groups excluding carboxylic acids is 1. The number of aromatic nitrogens is 3. The highest BCUT2D eigenvalue weighted by molar-refractivity contribution is 6.08. The van der Waals surface area contributed by atoms with Gasteiger partial charge in [0.2, 0.25) is 0 Å². The maximum Gasteiger partial charge on any atom is 0.276 e. The Balaban J connectivity index is 1.90. The molecule has 1 amide bonds. The summed E-state index contributed by atoms with van der Waals surface area (Å²) in [7, 11) is 0. The number of para-hydroxylation sites is 1. The molecule has 2 heterocycles. The topological polar surface area (TPSA) is 73.6 Å². The summed E-state index contributed by atoms with van der Waals surface area (Å²) in [4.78, 5) is 15.1. The molecule has 0 bridgehead atoms. The number of hydrogen-bond donors (Lipinski definition) is 3. The summed E-state index contributed by atoms with van der Waals surface area (Å²) in [6.45, 7) is 1.86. The van der Waals surface area contributed by atoms with Crippen molar-refractivity contribution in [3.05, 3.63) is 47.9 Å². The predicted octanol–water partition coefficient (Wildman–Crippen LogP) is 2.45. The second kappa shape index (κ2) is 4.03. The van der Waals surface area contributed by atoms with Gasteiger partial charge in [-0.05, 0) is 19.1 Å². The third-order valence-electron chi connectivity index (χ3n) is 2.78. The number of benzene rings is 1. The summed E-state index contributed by atoms with van der Waals surface area (Å²) >= 11 is 0. The number of anilines is 1. The molecule has 3 N–H and O–H groups in total. The van der Waals surface area contributed by atoms with Gasteiger partial charge in [0.15, 0.2) is 5.69 Å². The Morgan fingerprint density at radius 1 is 1.33 bits per heavy atom. The largest absolute Gasteiger partial charge is 0.359 e. The molecule has 0 unspecified atom stereocenters. The standard InChI is InChI=1S/C13H12N4O/c1-8-6-11(17-16-8)13(18)15-12-7-14-10-5-3-2-4-9(10)12/h2-7,14H,1H3,(H,15,18)(H,16,17). The van der Waals surface area contributed by atoms with Gasteiger partial charge >= 0.3 is 0 Å². The summed E-state index contributed by atoms with van der Waals surface area (Å²) in [5.41, 5.74) is 3.00. The van der Waals surface area contributed by atoms with E-state index in [1.807, 2.05) is 31.2 Å². The van der Waals surface area contributed by atoms with Crippen molar-refractivity contribution in [2.24, 2.45) is 0 Å². The second-order valence-corrected chi connectivity index (χ2v) is 4.14. The van der Waals surface area contributed by atoms with Crippen LogP contribution in [0.25, 0.3) is 10.9 Å². The van der Waals surface area contributed by atoms with Crippen LogP contribution in [-0.2, 0) is 0 Å². The lowest BCUT2D eigenvalue weighted by Crippen LogP contribution is -2.11. The number of amides is 1. The van der Waals surface area contributed by atoms with E-state index < -0.39 is 0 Å². The molecule has 5 nitrogen and oxygen atoms in total. The van der Waals surface area contributed by atoms with Crippen LogP contribution in [0.1, 0.15) is 16.2 Å². The summed E-state index contributed by atoms with van der Waals surface area (Å²) < 4.78 is 0. The first-order valence-electron chi connectivity index (χ1n) is 5.63. The van der Waals surface area contributed by atoms with E-state index in [-0.39, 0.29) is 5.91 Å². The molecule has 0 atom stereocenters. The molecule has 5 heteroatoms. The summed E-state index contributed by atoms with van der Waals surface area (Å²) in [5, 5.41) is 10.5. The van der Waals surface area contributed by atoms with Crippen LogP contribution < -0.4 is 5.32 Å². The number of aryl methyl sites for hydroxylation is 1. The number of hydrogen-bond acceptors (Lipinski definition) is 2. The average Bonchev–Trinajstić information content (AvgIpc) is 2.97. The van der Waals surface area contributed by atoms with Crippen LogP contribution >= 0.6 is 0 Å². The fourth-order valence-corrected chi connectivity index (χ4v) is 1.90. The van der Waals surface area contributed by atoms with Gasteiger partial charge in [0.25, 0.3) is 5.91 Å². The summed E-state index contributed by atoms with van der Waals surface area (Å²) in [6.07, 6.45) is 1.78. The third kappa shape index (κ3) is 1.75. The molecule has 0 radical (unpaired) electrons. The molecular formula is C13H12N4O. The fourth-order valence-electron chi connectivity index (χ4n) is 1.90. The van der Waals surface area contributed by atoms with Crippen LogP contribution in [0.4, 0.5) is 5.69 Å². The van der Waals surface area contributed by atoms with Crippen LogP contribution in [0.3, 0.4) is 0 Å². The molecule has 0 aliphatic carbocycles. The molecule has 0 aliphatic rings. The van der Waals surface area contributed by atoms with E-state index >= 15 is 0 Å². The van der Waals surface area contributed by atoms with Crippen LogP contribution in [0, 0.1) is 6.92 Å². The van der Waals surface area contributed by atoms with Gasteiger partial charge < -0.3 is 10.3 Å². The zero-order chi connectivity index (χ0) is 12.5. The van der Waals surface area contributed by atoms with E-state index in [9.17, 15) is 4.79 Å². The lowest BCUT2D eigenvalue weighted by atomic mass is 10.2. The first kappa shape index (κ1) is 10.6. The maximum atomic E-state index is 12.0. The SMILES string of the molecule is Cc1cc(C(=O)Nc2c[nH]c3ccccc23)n[nH]1. The van der Waals surface area contributed by atoms with E-state index in [4.69, 9.17) is 0 Å². The zero-order valence-corrected chi connectivity index (χ0v) is 9.82. The van der Waals surface area contributed by atoms with Gasteiger partial charge in [-0.3, -0.25) is 9.89 Å². The number of rotatable bonds is 2. The van der Waals surface area contributed by atoms with Gasteiger partial charge in [-0.25, -0.2) is 0 Å². The van der Waals surface area contributed by atoms with Crippen molar-refractivity contribution in [2.45, 2.75) is 6.92 Å². The summed E-state index contributed by atoms with van der Waals surface area (Å²) in [5.74, 6) is -0.218. The van der Waals surface area contributed by atoms with Crippen molar-refractivity contribution in [2.75, 3.05) is 5.32 Å². The van der Waals surface area contributed by atoms with Gasteiger partial charge in [-0.1, -0.05) is 18.2 Å². The molecule has 18 heavy (non-hydrogen) atoms. The number of aromatic amines is 2. The molecule has 0 fully saturated rings. The highest BCUT2D eigenvalue weighted by atomic mass is 16.1. The molecule has 0 saturated heterocycles. The molecule has 2 aromatic heterocycles. The Bertz CT molecular complexity index is 710. The van der Waals surface area contributed by atoms with E-state index in [0.29, 0.717) is 5.69 Å². The Morgan fingerprint density at radius 3 is 2.94 bits per heavy atom. The van der Waals surface area contributed by atoms with Crippen molar-refractivity contribution >= 4 is 22.5 Å². The van der Waals surface area contributed by atoms with Gasteiger partial charge in [-0.15, -0.1) is 0 Å². The minimum atomic E-state index is -0.218. The van der Waals surface area contributed by atoms with E-state index in [1.54, 1.807) is 12.3 Å². The molecule has 0 aliphatic heterocycles. The lowest BCUT2D eigenvalue weighted by molar-refractivity contribution is 0.102. The minimum absolute atomic E-state index is 0.218. The van der Waals surface area contributed by atoms with Crippen molar-refractivity contribution in [3.8, 4) is 0 Å². The van der Waals surface area contributed by atoms with Crippen molar-refractivity contribution < 1.29 is 4.79 Å². The molecule has 0 saturated carbocycles.